The summed E-state index contributed by atoms with van der Waals surface area (Å²) in [5, 5.41) is 5.65. The Morgan fingerprint density at radius 2 is 1.68 bits per heavy atom. The summed E-state index contributed by atoms with van der Waals surface area (Å²) in [6, 6.07) is 21.9. The van der Waals surface area contributed by atoms with Crippen LogP contribution in [0.1, 0.15) is 34.0 Å². The van der Waals surface area contributed by atoms with Gasteiger partial charge in [-0.3, -0.25) is 9.59 Å². The van der Waals surface area contributed by atoms with Crippen molar-refractivity contribution in [1.82, 2.24) is 5.32 Å². The van der Waals surface area contributed by atoms with Gasteiger partial charge in [-0.1, -0.05) is 42.5 Å². The van der Waals surface area contributed by atoms with Gasteiger partial charge in [0.25, 0.3) is 5.91 Å². The molecule has 0 atom stereocenters. The van der Waals surface area contributed by atoms with Crippen molar-refractivity contribution in [2.75, 3.05) is 23.4 Å². The van der Waals surface area contributed by atoms with Crippen molar-refractivity contribution in [2.45, 2.75) is 26.3 Å². The lowest BCUT2D eigenvalue weighted by Gasteiger charge is -2.17. The Balaban J connectivity index is 1.30. The molecule has 3 aromatic rings. The van der Waals surface area contributed by atoms with Crippen LogP contribution in [-0.4, -0.2) is 31.1 Å². The first-order valence-corrected chi connectivity index (χ1v) is 11.3. The fraction of sp³-hybridized carbons (Fsp3) is 0.222. The third kappa shape index (κ3) is 5.61. The number of rotatable bonds is 7. The molecule has 1 aliphatic heterocycles. The number of nitrogens with one attached hydrogen (secondary N) is 2. The van der Waals surface area contributed by atoms with Gasteiger partial charge in [0.05, 0.1) is 13.0 Å². The van der Waals surface area contributed by atoms with Gasteiger partial charge in [0, 0.05) is 30.0 Å². The number of fused-ring (bicyclic) bond motifs is 1. The predicted octanol–water partition coefficient (Wildman–Crippen LogP) is 4.32. The topological polar surface area (TPSA) is 87.7 Å². The van der Waals surface area contributed by atoms with E-state index in [0.29, 0.717) is 30.9 Å². The lowest BCUT2D eigenvalue weighted by molar-refractivity contribution is -0.142. The summed E-state index contributed by atoms with van der Waals surface area (Å²) in [4.78, 5) is 38.5. The molecular weight excluding hydrogens is 430 g/mol. The van der Waals surface area contributed by atoms with Crippen molar-refractivity contribution in [2.24, 2.45) is 0 Å². The molecular formula is C27H27N3O4. The molecule has 0 radical (unpaired) electrons. The molecule has 3 aromatic carbocycles. The molecule has 0 unspecified atom stereocenters. The standard InChI is InChI=1S/C27H27N3O4/c1-2-34-25(31)17-19-8-11-23(12-9-19)29-27(33)28-18-20-10-13-24-22(16-20)14-15-30(24)26(32)21-6-4-3-5-7-21/h3-13,16H,2,14-15,17-18H2,1H3,(H2,28,29,33). The Labute approximate surface area is 198 Å². The van der Waals surface area contributed by atoms with Gasteiger partial charge >= 0.3 is 12.0 Å². The van der Waals surface area contributed by atoms with Crippen LogP contribution in [0.25, 0.3) is 0 Å². The molecule has 7 nitrogen and oxygen atoms in total. The highest BCUT2D eigenvalue weighted by Gasteiger charge is 2.25. The van der Waals surface area contributed by atoms with E-state index < -0.39 is 0 Å². The highest BCUT2D eigenvalue weighted by molar-refractivity contribution is 6.07. The van der Waals surface area contributed by atoms with E-state index in [9.17, 15) is 14.4 Å². The summed E-state index contributed by atoms with van der Waals surface area (Å²) in [6.07, 6.45) is 0.985. The maximum absolute atomic E-state index is 12.8. The zero-order chi connectivity index (χ0) is 23.9. The fourth-order valence-corrected chi connectivity index (χ4v) is 3.95. The molecule has 0 saturated heterocycles. The van der Waals surface area contributed by atoms with Crippen molar-refractivity contribution in [1.29, 1.82) is 0 Å². The summed E-state index contributed by atoms with van der Waals surface area (Å²) >= 11 is 0. The predicted molar refractivity (Wildman–Crippen MR) is 131 cm³/mol. The molecule has 1 aliphatic rings. The second kappa shape index (κ2) is 10.7. The van der Waals surface area contributed by atoms with Gasteiger partial charge < -0.3 is 20.3 Å². The minimum Gasteiger partial charge on any atom is -0.466 e. The van der Waals surface area contributed by atoms with E-state index in [-0.39, 0.29) is 24.3 Å². The Bertz CT molecular complexity index is 1180. The van der Waals surface area contributed by atoms with Crippen LogP contribution in [0.5, 0.6) is 0 Å². The van der Waals surface area contributed by atoms with Crippen LogP contribution in [0.15, 0.2) is 72.8 Å². The summed E-state index contributed by atoms with van der Waals surface area (Å²) < 4.78 is 4.94. The van der Waals surface area contributed by atoms with Crippen molar-refractivity contribution in [3.63, 3.8) is 0 Å². The molecule has 2 N–H and O–H groups in total. The highest BCUT2D eigenvalue weighted by Crippen LogP contribution is 2.30. The van der Waals surface area contributed by atoms with E-state index in [1.165, 1.54) is 0 Å². The molecule has 0 aliphatic carbocycles. The van der Waals surface area contributed by atoms with Crippen LogP contribution >= 0.6 is 0 Å². The number of carbonyl (C=O) groups is 3. The number of amides is 3. The molecule has 0 fully saturated rings. The lowest BCUT2D eigenvalue weighted by Crippen LogP contribution is -2.29. The van der Waals surface area contributed by atoms with E-state index in [0.717, 1.165) is 28.8 Å². The summed E-state index contributed by atoms with van der Waals surface area (Å²) in [7, 11) is 0. The zero-order valence-electron chi connectivity index (χ0n) is 19.0. The van der Waals surface area contributed by atoms with E-state index in [2.05, 4.69) is 10.6 Å². The number of urea groups is 1. The second-order valence-corrected chi connectivity index (χ2v) is 8.02. The van der Waals surface area contributed by atoms with Gasteiger partial charge in [-0.15, -0.1) is 0 Å². The maximum Gasteiger partial charge on any atom is 0.319 e. The molecule has 0 bridgehead atoms. The third-order valence-corrected chi connectivity index (χ3v) is 5.62. The first-order valence-electron chi connectivity index (χ1n) is 11.3. The Morgan fingerprint density at radius 1 is 0.941 bits per heavy atom. The first-order chi connectivity index (χ1) is 16.5. The van der Waals surface area contributed by atoms with Crippen molar-refractivity contribution in [3.8, 4) is 0 Å². The molecule has 174 valence electrons. The van der Waals surface area contributed by atoms with Gasteiger partial charge in [-0.25, -0.2) is 4.79 Å². The highest BCUT2D eigenvalue weighted by atomic mass is 16.5. The average molecular weight is 458 g/mol. The van der Waals surface area contributed by atoms with Crippen molar-refractivity contribution >= 4 is 29.3 Å². The summed E-state index contributed by atoms with van der Waals surface area (Å²) in [5.41, 5.74) is 5.11. The number of nitrogens with zero attached hydrogens (tertiary/aromatic N) is 1. The van der Waals surface area contributed by atoms with Crippen LogP contribution in [0.2, 0.25) is 0 Å². The molecule has 1 heterocycles. The van der Waals surface area contributed by atoms with E-state index >= 15 is 0 Å². The number of anilines is 2. The van der Waals surface area contributed by atoms with Crippen molar-refractivity contribution < 1.29 is 19.1 Å². The molecule has 0 spiro atoms. The summed E-state index contributed by atoms with van der Waals surface area (Å²) in [5.74, 6) is -0.277. The third-order valence-electron chi connectivity index (χ3n) is 5.62. The first kappa shape index (κ1) is 23.0. The number of carbonyl (C=O) groups excluding carboxylic acids is 3. The number of hydrogen-bond donors (Lipinski definition) is 2. The molecule has 34 heavy (non-hydrogen) atoms. The van der Waals surface area contributed by atoms with Gasteiger partial charge in [0.15, 0.2) is 0 Å². The van der Waals surface area contributed by atoms with E-state index in [1.807, 2.05) is 48.5 Å². The molecule has 0 saturated carbocycles. The lowest BCUT2D eigenvalue weighted by atomic mass is 10.1. The smallest absolute Gasteiger partial charge is 0.319 e. The van der Waals surface area contributed by atoms with Crippen LogP contribution < -0.4 is 15.5 Å². The molecule has 7 heteroatoms. The average Bonchev–Trinajstić information content (AvgIpc) is 3.27. The number of benzene rings is 3. The Kier molecular flexibility index (Phi) is 7.22. The Morgan fingerprint density at radius 3 is 2.41 bits per heavy atom. The van der Waals surface area contributed by atoms with E-state index in [1.54, 1.807) is 36.1 Å². The van der Waals surface area contributed by atoms with Crippen LogP contribution in [0, 0.1) is 0 Å². The minimum absolute atomic E-state index is 0.00197. The fourth-order valence-electron chi connectivity index (χ4n) is 3.95. The Hall–Kier alpha value is -4.13. The number of hydrogen-bond acceptors (Lipinski definition) is 4. The minimum atomic E-state index is -0.320. The zero-order valence-corrected chi connectivity index (χ0v) is 19.0. The number of esters is 1. The molecule has 3 amide bonds. The number of ether oxygens (including phenoxy) is 1. The van der Waals surface area contributed by atoms with Gasteiger partial charge in [-0.05, 0) is 60.4 Å². The van der Waals surface area contributed by atoms with Gasteiger partial charge in [0.1, 0.15) is 0 Å². The van der Waals surface area contributed by atoms with Crippen LogP contribution in [0.4, 0.5) is 16.2 Å². The quantitative estimate of drug-likeness (QED) is 0.518. The summed E-state index contributed by atoms with van der Waals surface area (Å²) in [6.45, 7) is 3.14. The molecule has 4 rings (SSSR count). The normalized spacial score (nSPS) is 12.1. The van der Waals surface area contributed by atoms with Gasteiger partial charge in [0.2, 0.25) is 0 Å². The maximum atomic E-state index is 12.8. The SMILES string of the molecule is CCOC(=O)Cc1ccc(NC(=O)NCc2ccc3c(c2)CCN3C(=O)c2ccccc2)cc1. The van der Waals surface area contributed by atoms with Crippen LogP contribution in [0.3, 0.4) is 0 Å². The molecule has 0 aromatic heterocycles. The van der Waals surface area contributed by atoms with Crippen LogP contribution in [-0.2, 0) is 28.9 Å². The van der Waals surface area contributed by atoms with E-state index in [4.69, 9.17) is 4.74 Å². The van der Waals surface area contributed by atoms with Gasteiger partial charge in [-0.2, -0.15) is 0 Å². The second-order valence-electron chi connectivity index (χ2n) is 8.02. The monoisotopic (exact) mass is 457 g/mol. The van der Waals surface area contributed by atoms with Crippen molar-refractivity contribution in [3.05, 3.63) is 95.1 Å². The largest absolute Gasteiger partial charge is 0.466 e.